The van der Waals surface area contributed by atoms with Crippen LogP contribution in [0.3, 0.4) is 0 Å². The van der Waals surface area contributed by atoms with Gasteiger partial charge in [0.15, 0.2) is 0 Å². The number of pyridine rings is 1. The van der Waals surface area contributed by atoms with Gasteiger partial charge in [0.25, 0.3) is 0 Å². The Morgan fingerprint density at radius 1 is 1.12 bits per heavy atom. The number of piperazine rings is 1. The number of hydrogen-bond acceptors (Lipinski definition) is 6. The number of para-hydroxylation sites is 1. The summed E-state index contributed by atoms with van der Waals surface area (Å²) in [7, 11) is 1.60. The van der Waals surface area contributed by atoms with E-state index in [0.29, 0.717) is 32.1 Å². The molecule has 2 amide bonds. The Bertz CT molecular complexity index is 1160. The summed E-state index contributed by atoms with van der Waals surface area (Å²) in [5.41, 5.74) is 4.13. The average molecular weight is 464 g/mol. The van der Waals surface area contributed by atoms with Gasteiger partial charge in [-0.25, -0.2) is 4.98 Å². The molecule has 4 heterocycles. The third kappa shape index (κ3) is 6.68. The van der Waals surface area contributed by atoms with Crippen molar-refractivity contribution in [3.05, 3.63) is 66.7 Å². The van der Waals surface area contributed by atoms with Gasteiger partial charge in [0.2, 0.25) is 18.2 Å². The molecule has 0 saturated carbocycles. The van der Waals surface area contributed by atoms with Crippen LogP contribution in [0, 0.1) is 6.92 Å². The predicted molar refractivity (Wildman–Crippen MR) is 129 cm³/mol. The summed E-state index contributed by atoms with van der Waals surface area (Å²) >= 11 is 0. The number of aromatic nitrogens is 3. The number of benzene rings is 1. The number of hydrogen-bond donors (Lipinski definition) is 1. The fourth-order valence-electron chi connectivity index (χ4n) is 3.33. The second kappa shape index (κ2) is 12.2. The predicted octanol–water partition coefficient (Wildman–Crippen LogP) is 3.53. The fourth-order valence-corrected chi connectivity index (χ4v) is 3.33. The number of fused-ring (bicyclic) bond motifs is 1. The number of aromatic amines is 1. The highest BCUT2D eigenvalue weighted by Crippen LogP contribution is 2.19. The second-order valence-electron chi connectivity index (χ2n) is 7.62. The highest BCUT2D eigenvalue weighted by molar-refractivity contribution is 5.80. The Hall–Kier alpha value is -4.14. The van der Waals surface area contributed by atoms with Gasteiger partial charge in [-0.2, -0.15) is 5.10 Å². The summed E-state index contributed by atoms with van der Waals surface area (Å²) in [5, 5.41) is 7.93. The maximum absolute atomic E-state index is 10.8. The second-order valence-corrected chi connectivity index (χ2v) is 7.62. The van der Waals surface area contributed by atoms with Gasteiger partial charge < -0.3 is 19.0 Å². The zero-order valence-electron chi connectivity index (χ0n) is 19.6. The van der Waals surface area contributed by atoms with Gasteiger partial charge in [-0.3, -0.25) is 14.7 Å². The van der Waals surface area contributed by atoms with Gasteiger partial charge in [-0.15, -0.1) is 0 Å². The van der Waals surface area contributed by atoms with Gasteiger partial charge in [-0.05, 0) is 30.7 Å². The van der Waals surface area contributed by atoms with Gasteiger partial charge >= 0.3 is 0 Å². The molecule has 1 N–H and O–H groups in total. The van der Waals surface area contributed by atoms with Crippen LogP contribution in [0.4, 0.5) is 0 Å². The molecule has 0 radical (unpaired) electrons. The lowest BCUT2D eigenvalue weighted by Gasteiger charge is -2.31. The number of carbonyl (C=O) groups excluding carboxylic acids is 2. The number of ether oxygens (including phenoxy) is 1. The molecule has 9 heteroatoms. The number of nitrogens with zero attached hydrogens (tertiary/aromatic N) is 4. The van der Waals surface area contributed by atoms with Crippen LogP contribution in [-0.4, -0.2) is 70.6 Å². The Morgan fingerprint density at radius 3 is 2.44 bits per heavy atom. The maximum Gasteiger partial charge on any atom is 0.219 e. The number of furan rings is 1. The number of amides is 2. The summed E-state index contributed by atoms with van der Waals surface area (Å²) in [6.45, 7) is 6.29. The Morgan fingerprint density at radius 2 is 1.88 bits per heavy atom. The minimum atomic E-state index is 0.0931. The van der Waals surface area contributed by atoms with Crippen LogP contribution >= 0.6 is 0 Å². The molecule has 178 valence electrons. The van der Waals surface area contributed by atoms with Crippen molar-refractivity contribution in [1.82, 2.24) is 25.0 Å². The smallest absolute Gasteiger partial charge is 0.219 e. The Kier molecular flexibility index (Phi) is 8.79. The lowest BCUT2D eigenvalue weighted by molar-refractivity contribution is -0.133. The molecule has 1 aliphatic heterocycles. The topological polar surface area (TPSA) is 105 Å². The third-order valence-corrected chi connectivity index (χ3v) is 5.34. The van der Waals surface area contributed by atoms with E-state index in [0.717, 1.165) is 23.3 Å². The highest BCUT2D eigenvalue weighted by Gasteiger charge is 2.16. The van der Waals surface area contributed by atoms with Crippen molar-refractivity contribution < 1.29 is 18.7 Å². The molecule has 9 nitrogen and oxygen atoms in total. The van der Waals surface area contributed by atoms with Crippen molar-refractivity contribution in [2.45, 2.75) is 13.8 Å². The van der Waals surface area contributed by atoms with E-state index in [4.69, 9.17) is 9.15 Å². The molecular formula is C25H29N5O4. The monoisotopic (exact) mass is 463 g/mol. The van der Waals surface area contributed by atoms with Crippen LogP contribution in [0.1, 0.15) is 12.5 Å². The summed E-state index contributed by atoms with van der Waals surface area (Å²) in [4.78, 5) is 28.6. The van der Waals surface area contributed by atoms with E-state index < -0.39 is 0 Å². The van der Waals surface area contributed by atoms with E-state index in [1.165, 1.54) is 10.9 Å². The highest BCUT2D eigenvalue weighted by atomic mass is 16.5. The van der Waals surface area contributed by atoms with Crippen molar-refractivity contribution in [2.75, 3.05) is 33.3 Å². The fraction of sp³-hybridized carbons (Fsp3) is 0.280. The number of nitrogens with one attached hydrogen (secondary N) is 1. The van der Waals surface area contributed by atoms with E-state index in [1.54, 1.807) is 42.5 Å². The molecule has 1 fully saturated rings. The molecule has 1 aliphatic rings. The zero-order chi connectivity index (χ0) is 24.3. The van der Waals surface area contributed by atoms with E-state index in [2.05, 4.69) is 21.2 Å². The van der Waals surface area contributed by atoms with Gasteiger partial charge in [0.1, 0.15) is 5.58 Å². The van der Waals surface area contributed by atoms with Gasteiger partial charge in [-0.1, -0.05) is 18.2 Å². The van der Waals surface area contributed by atoms with Crippen LogP contribution in [0.25, 0.3) is 22.2 Å². The molecule has 0 spiro atoms. The van der Waals surface area contributed by atoms with Crippen LogP contribution < -0.4 is 4.74 Å². The minimum absolute atomic E-state index is 0.0931. The van der Waals surface area contributed by atoms with Crippen LogP contribution in [0.2, 0.25) is 0 Å². The molecule has 3 aromatic heterocycles. The van der Waals surface area contributed by atoms with Crippen LogP contribution in [0.5, 0.6) is 5.88 Å². The van der Waals surface area contributed by atoms with Gasteiger partial charge in [0.05, 0.1) is 19.1 Å². The lowest BCUT2D eigenvalue weighted by Crippen LogP contribution is -2.47. The first-order valence-corrected chi connectivity index (χ1v) is 10.9. The van der Waals surface area contributed by atoms with Crippen LogP contribution in [0.15, 0.2) is 65.5 Å². The number of methoxy groups -OCH3 is 1. The number of H-pyrrole nitrogens is 1. The maximum atomic E-state index is 10.8. The standard InChI is InChI=1S/C9H9N3O.C9H8O.C7H12N2O2/c1-13-9-3-2-7(6-10-9)8-4-5-11-12-8;1-7-6-10-9-5-3-2-4-8(7)9;1-7(11)9-4-2-8(6-10)3-5-9/h2-6H,1H3,(H,11,12);2-6H,1H3;6H,2-5H2,1H3. The SMILES string of the molecule is CC(=O)N1CCN(C=O)CC1.COc1ccc(-c2ccn[nH]2)cn1.Cc1coc2ccccc12. The summed E-state index contributed by atoms with van der Waals surface area (Å²) in [6, 6.07) is 13.7. The van der Waals surface area contributed by atoms with Crippen molar-refractivity contribution in [2.24, 2.45) is 0 Å². The van der Waals surface area contributed by atoms with E-state index in [1.807, 2.05) is 43.3 Å². The molecule has 1 saturated heterocycles. The molecule has 5 rings (SSSR count). The molecule has 0 atom stereocenters. The molecule has 34 heavy (non-hydrogen) atoms. The molecule has 0 bridgehead atoms. The van der Waals surface area contributed by atoms with E-state index in [-0.39, 0.29) is 5.91 Å². The normalized spacial score (nSPS) is 12.8. The molecule has 0 aliphatic carbocycles. The van der Waals surface area contributed by atoms with Crippen molar-refractivity contribution in [3.63, 3.8) is 0 Å². The van der Waals surface area contributed by atoms with Crippen molar-refractivity contribution in [3.8, 4) is 17.1 Å². The number of aryl methyl sites for hydroxylation is 1. The largest absolute Gasteiger partial charge is 0.481 e. The summed E-state index contributed by atoms with van der Waals surface area (Å²) in [5.74, 6) is 0.707. The third-order valence-electron chi connectivity index (χ3n) is 5.34. The Balaban J connectivity index is 0.000000144. The summed E-state index contributed by atoms with van der Waals surface area (Å²) < 4.78 is 10.2. The average Bonchev–Trinajstić information content (AvgIpc) is 3.56. The first-order valence-electron chi connectivity index (χ1n) is 10.9. The lowest BCUT2D eigenvalue weighted by atomic mass is 10.2. The van der Waals surface area contributed by atoms with E-state index >= 15 is 0 Å². The molecule has 0 unspecified atom stereocenters. The first kappa shape index (κ1) is 24.5. The zero-order valence-corrected chi connectivity index (χ0v) is 19.6. The quantitative estimate of drug-likeness (QED) is 0.466. The van der Waals surface area contributed by atoms with Crippen LogP contribution in [-0.2, 0) is 9.59 Å². The molecular weight excluding hydrogens is 434 g/mol. The summed E-state index contributed by atoms with van der Waals surface area (Å²) in [6.07, 6.45) is 6.06. The van der Waals surface area contributed by atoms with E-state index in [9.17, 15) is 9.59 Å². The molecule has 4 aromatic rings. The van der Waals surface area contributed by atoms with Crippen molar-refractivity contribution in [1.29, 1.82) is 0 Å². The Labute approximate surface area is 198 Å². The number of rotatable bonds is 3. The number of carbonyl (C=O) groups is 2. The van der Waals surface area contributed by atoms with Crippen molar-refractivity contribution >= 4 is 23.3 Å². The first-order chi connectivity index (χ1) is 16.5. The molecule has 1 aromatic carbocycles. The minimum Gasteiger partial charge on any atom is -0.481 e. The van der Waals surface area contributed by atoms with Gasteiger partial charge in [0, 0.05) is 62.5 Å².